The van der Waals surface area contributed by atoms with Crippen molar-refractivity contribution in [3.8, 4) is 0 Å². The maximum atomic E-state index is 13.7. The standard InChI is InChI=1S/C18H17FN2O3/c1-24-18(23)21-16-9-12(7-8-15(16)19)20-17(22)14-10-13(14)11-5-3-2-4-6-11/h2-9,13-14H,10H2,1H3,(H,20,22)(H,21,23)/t13-,14-/m1/s1. The monoisotopic (exact) mass is 328 g/mol. The van der Waals surface area contributed by atoms with E-state index in [4.69, 9.17) is 0 Å². The lowest BCUT2D eigenvalue weighted by atomic mass is 10.1. The van der Waals surface area contributed by atoms with Gasteiger partial charge in [-0.1, -0.05) is 30.3 Å². The zero-order valence-electron chi connectivity index (χ0n) is 13.1. The van der Waals surface area contributed by atoms with Crippen LogP contribution in [0.3, 0.4) is 0 Å². The summed E-state index contributed by atoms with van der Waals surface area (Å²) in [4.78, 5) is 23.5. The van der Waals surface area contributed by atoms with Crippen molar-refractivity contribution < 1.29 is 18.7 Å². The number of benzene rings is 2. The van der Waals surface area contributed by atoms with Crippen molar-refractivity contribution in [1.82, 2.24) is 0 Å². The van der Waals surface area contributed by atoms with Crippen LogP contribution in [0.2, 0.25) is 0 Å². The first-order valence-electron chi connectivity index (χ1n) is 7.59. The molecule has 0 spiro atoms. The molecule has 0 unspecified atom stereocenters. The highest BCUT2D eigenvalue weighted by Gasteiger charge is 2.43. The van der Waals surface area contributed by atoms with E-state index in [0.29, 0.717) is 5.69 Å². The van der Waals surface area contributed by atoms with Crippen LogP contribution in [0.25, 0.3) is 0 Å². The van der Waals surface area contributed by atoms with Gasteiger partial charge < -0.3 is 10.1 Å². The molecule has 0 aromatic heterocycles. The number of halogens is 1. The summed E-state index contributed by atoms with van der Waals surface area (Å²) >= 11 is 0. The van der Waals surface area contributed by atoms with Gasteiger partial charge in [0.05, 0.1) is 12.8 Å². The third-order valence-corrected chi connectivity index (χ3v) is 4.01. The fourth-order valence-corrected chi connectivity index (χ4v) is 2.65. The topological polar surface area (TPSA) is 67.4 Å². The fourth-order valence-electron chi connectivity index (χ4n) is 2.65. The molecule has 1 aliphatic rings. The van der Waals surface area contributed by atoms with Crippen molar-refractivity contribution in [1.29, 1.82) is 0 Å². The molecule has 1 aliphatic carbocycles. The minimum Gasteiger partial charge on any atom is -0.453 e. The summed E-state index contributed by atoms with van der Waals surface area (Å²) in [5.41, 5.74) is 1.52. The van der Waals surface area contributed by atoms with Gasteiger partial charge in [-0.15, -0.1) is 0 Å². The third kappa shape index (κ3) is 3.53. The number of carbonyl (C=O) groups is 2. The highest BCUT2D eigenvalue weighted by molar-refractivity contribution is 5.96. The zero-order chi connectivity index (χ0) is 17.1. The van der Waals surface area contributed by atoms with E-state index in [1.807, 2.05) is 30.3 Å². The Kier molecular flexibility index (Phi) is 4.46. The number of anilines is 2. The molecule has 3 rings (SSSR count). The number of ether oxygens (including phenoxy) is 1. The Bertz CT molecular complexity index is 764. The molecule has 2 atom stereocenters. The highest BCUT2D eigenvalue weighted by atomic mass is 19.1. The summed E-state index contributed by atoms with van der Waals surface area (Å²) in [6, 6.07) is 13.9. The summed E-state index contributed by atoms with van der Waals surface area (Å²) in [7, 11) is 1.19. The Morgan fingerprint density at radius 3 is 2.58 bits per heavy atom. The Labute approximate surface area is 138 Å². The molecule has 0 radical (unpaired) electrons. The van der Waals surface area contributed by atoms with Gasteiger partial charge in [-0.3, -0.25) is 10.1 Å². The summed E-state index contributed by atoms with van der Waals surface area (Å²) in [6.45, 7) is 0. The first-order valence-corrected chi connectivity index (χ1v) is 7.59. The van der Waals surface area contributed by atoms with Gasteiger partial charge in [-0.05, 0) is 36.1 Å². The van der Waals surface area contributed by atoms with Crippen LogP contribution in [0.15, 0.2) is 48.5 Å². The molecule has 2 aromatic rings. The molecule has 0 aliphatic heterocycles. The van der Waals surface area contributed by atoms with Crippen molar-refractivity contribution in [3.05, 3.63) is 59.9 Å². The van der Waals surface area contributed by atoms with Gasteiger partial charge in [0.2, 0.25) is 5.91 Å². The molecule has 124 valence electrons. The van der Waals surface area contributed by atoms with Gasteiger partial charge >= 0.3 is 6.09 Å². The lowest BCUT2D eigenvalue weighted by molar-refractivity contribution is -0.117. The molecule has 0 bridgehead atoms. The van der Waals surface area contributed by atoms with E-state index in [9.17, 15) is 14.0 Å². The van der Waals surface area contributed by atoms with E-state index < -0.39 is 11.9 Å². The van der Waals surface area contributed by atoms with E-state index >= 15 is 0 Å². The van der Waals surface area contributed by atoms with Crippen molar-refractivity contribution >= 4 is 23.4 Å². The largest absolute Gasteiger partial charge is 0.453 e. The van der Waals surface area contributed by atoms with Crippen molar-refractivity contribution in [2.24, 2.45) is 5.92 Å². The Hall–Kier alpha value is -2.89. The molecular weight excluding hydrogens is 311 g/mol. The van der Waals surface area contributed by atoms with Gasteiger partial charge in [-0.2, -0.15) is 0 Å². The SMILES string of the molecule is COC(=O)Nc1cc(NC(=O)[C@@H]2C[C@@H]2c2ccccc2)ccc1F. The number of carbonyl (C=O) groups excluding carboxylic acids is 2. The van der Waals surface area contributed by atoms with Crippen LogP contribution in [0.4, 0.5) is 20.6 Å². The van der Waals surface area contributed by atoms with E-state index in [2.05, 4.69) is 15.4 Å². The van der Waals surface area contributed by atoms with Crippen molar-refractivity contribution in [2.75, 3.05) is 17.7 Å². The van der Waals surface area contributed by atoms with Crippen LogP contribution in [0, 0.1) is 11.7 Å². The average molecular weight is 328 g/mol. The number of rotatable bonds is 4. The molecular formula is C18H17FN2O3. The first-order chi connectivity index (χ1) is 11.6. The molecule has 2 aromatic carbocycles. The molecule has 6 heteroatoms. The summed E-state index contributed by atoms with van der Waals surface area (Å²) in [5.74, 6) is -0.583. The van der Waals surface area contributed by atoms with Gasteiger partial charge in [0.1, 0.15) is 5.82 Å². The van der Waals surface area contributed by atoms with E-state index in [0.717, 1.165) is 12.0 Å². The van der Waals surface area contributed by atoms with Crippen LogP contribution < -0.4 is 10.6 Å². The van der Waals surface area contributed by atoms with E-state index in [-0.39, 0.29) is 23.4 Å². The maximum Gasteiger partial charge on any atom is 0.411 e. The second-order valence-electron chi connectivity index (χ2n) is 5.66. The maximum absolute atomic E-state index is 13.7. The summed E-state index contributed by atoms with van der Waals surface area (Å²) in [5, 5.41) is 5.03. The summed E-state index contributed by atoms with van der Waals surface area (Å²) < 4.78 is 18.1. The molecule has 1 saturated carbocycles. The van der Waals surface area contributed by atoms with Gasteiger partial charge in [-0.25, -0.2) is 9.18 Å². The average Bonchev–Trinajstić information content (AvgIpc) is 3.39. The lowest BCUT2D eigenvalue weighted by Gasteiger charge is -2.09. The van der Waals surface area contributed by atoms with Crippen molar-refractivity contribution in [3.63, 3.8) is 0 Å². The molecule has 2 amide bonds. The van der Waals surface area contributed by atoms with Crippen LogP contribution in [-0.2, 0) is 9.53 Å². The minimum absolute atomic E-state index is 0.0462. The van der Waals surface area contributed by atoms with E-state index in [1.54, 1.807) is 0 Å². The number of nitrogens with one attached hydrogen (secondary N) is 2. The molecule has 0 heterocycles. The van der Waals surface area contributed by atoms with Crippen LogP contribution in [-0.4, -0.2) is 19.1 Å². The normalized spacial score (nSPS) is 18.6. The minimum atomic E-state index is -0.774. The Morgan fingerprint density at radius 1 is 1.12 bits per heavy atom. The zero-order valence-corrected chi connectivity index (χ0v) is 13.1. The van der Waals surface area contributed by atoms with Crippen LogP contribution >= 0.6 is 0 Å². The molecule has 2 N–H and O–H groups in total. The predicted octanol–water partition coefficient (Wildman–Crippen LogP) is 3.75. The molecule has 0 saturated heterocycles. The fraction of sp³-hybridized carbons (Fsp3) is 0.222. The summed E-state index contributed by atoms with van der Waals surface area (Å²) in [6.07, 6.45) is 0.0216. The second-order valence-corrected chi connectivity index (χ2v) is 5.66. The molecule has 1 fully saturated rings. The smallest absolute Gasteiger partial charge is 0.411 e. The Morgan fingerprint density at radius 2 is 1.88 bits per heavy atom. The van der Waals surface area contributed by atoms with Crippen molar-refractivity contribution in [2.45, 2.75) is 12.3 Å². The third-order valence-electron chi connectivity index (χ3n) is 4.01. The van der Waals surface area contributed by atoms with Crippen LogP contribution in [0.5, 0.6) is 0 Å². The predicted molar refractivity (Wildman–Crippen MR) is 88.3 cm³/mol. The first kappa shape index (κ1) is 16.0. The van der Waals surface area contributed by atoms with Crippen LogP contribution in [0.1, 0.15) is 17.9 Å². The number of hydrogen-bond acceptors (Lipinski definition) is 3. The lowest BCUT2D eigenvalue weighted by Crippen LogP contribution is -2.16. The second kappa shape index (κ2) is 6.70. The van der Waals surface area contributed by atoms with Gasteiger partial charge in [0.25, 0.3) is 0 Å². The molecule has 5 nitrogen and oxygen atoms in total. The number of methoxy groups -OCH3 is 1. The number of hydrogen-bond donors (Lipinski definition) is 2. The van der Waals surface area contributed by atoms with Gasteiger partial charge in [0, 0.05) is 11.6 Å². The highest BCUT2D eigenvalue weighted by Crippen LogP contribution is 2.47. The number of amides is 2. The van der Waals surface area contributed by atoms with E-state index in [1.165, 1.54) is 25.3 Å². The Balaban J connectivity index is 1.65. The molecule has 24 heavy (non-hydrogen) atoms. The quantitative estimate of drug-likeness (QED) is 0.898. The van der Waals surface area contributed by atoms with Gasteiger partial charge in [0.15, 0.2) is 0 Å².